The molecule has 198 valence electrons. The minimum Gasteiger partial charge on any atom is -0.378 e. The van der Waals surface area contributed by atoms with Crippen LogP contribution in [-0.2, 0) is 11.2 Å². The van der Waals surface area contributed by atoms with Gasteiger partial charge in [-0.15, -0.1) is 11.3 Å². The fraction of sp³-hybridized carbons (Fsp3) is 0.433. The van der Waals surface area contributed by atoms with Gasteiger partial charge in [-0.25, -0.2) is 0 Å². The second-order valence-corrected chi connectivity index (χ2v) is 12.2. The molecule has 2 aromatic heterocycles. The number of thiophene rings is 1. The lowest BCUT2D eigenvalue weighted by atomic mass is 9.75. The Bertz CT molecular complexity index is 1370. The smallest absolute Gasteiger partial charge is 0.253 e. The molecular formula is C30H34N4O3S. The lowest BCUT2D eigenvalue weighted by molar-refractivity contribution is 0.0735. The van der Waals surface area contributed by atoms with Crippen LogP contribution in [0, 0.1) is 5.41 Å². The molecule has 38 heavy (non-hydrogen) atoms. The third kappa shape index (κ3) is 4.88. The maximum Gasteiger partial charge on any atom is 0.253 e. The number of pyridine rings is 1. The predicted octanol–water partition coefficient (Wildman–Crippen LogP) is 4.51. The number of nitrogens with zero attached hydrogens (tertiary/aromatic N) is 3. The van der Waals surface area contributed by atoms with E-state index in [1.807, 2.05) is 35.4 Å². The average Bonchev–Trinajstić information content (AvgIpc) is 3.32. The molecule has 1 N–H and O–H groups in total. The number of ketones is 1. The number of amides is 1. The largest absolute Gasteiger partial charge is 0.378 e. The van der Waals surface area contributed by atoms with E-state index in [2.05, 4.69) is 36.2 Å². The van der Waals surface area contributed by atoms with Crippen molar-refractivity contribution in [3.8, 4) is 22.4 Å². The van der Waals surface area contributed by atoms with Crippen molar-refractivity contribution in [1.82, 2.24) is 15.2 Å². The number of morpholine rings is 1. The third-order valence-corrected chi connectivity index (χ3v) is 9.03. The van der Waals surface area contributed by atoms with E-state index in [1.54, 1.807) is 11.3 Å². The van der Waals surface area contributed by atoms with Crippen LogP contribution < -0.4 is 10.2 Å². The molecule has 0 saturated carbocycles. The Balaban J connectivity index is 1.40. The molecule has 3 aromatic rings. The SMILES string of the molecule is CC1(C)CC(=O)c2sc(N3CCOCC3)c(-c3ccnc(-c4cccc(C(=O)N5CCNCC5)c4)c3)c2C1. The maximum absolute atomic E-state index is 13.2. The van der Waals surface area contributed by atoms with Gasteiger partial charge >= 0.3 is 0 Å². The van der Waals surface area contributed by atoms with Gasteiger partial charge in [0.05, 0.1) is 28.8 Å². The van der Waals surface area contributed by atoms with Crippen molar-refractivity contribution in [3.63, 3.8) is 0 Å². The van der Waals surface area contributed by atoms with Gasteiger partial charge < -0.3 is 19.9 Å². The van der Waals surface area contributed by atoms with Crippen molar-refractivity contribution in [3.05, 3.63) is 58.6 Å². The molecule has 1 amide bonds. The van der Waals surface area contributed by atoms with Gasteiger partial charge in [0, 0.05) is 68.6 Å². The highest BCUT2D eigenvalue weighted by Crippen LogP contribution is 2.49. The first-order valence-electron chi connectivity index (χ1n) is 13.5. The van der Waals surface area contributed by atoms with E-state index >= 15 is 0 Å². The van der Waals surface area contributed by atoms with Gasteiger partial charge in [0.25, 0.3) is 5.91 Å². The van der Waals surface area contributed by atoms with Crippen molar-refractivity contribution >= 4 is 28.0 Å². The Labute approximate surface area is 227 Å². The zero-order valence-electron chi connectivity index (χ0n) is 22.1. The number of hydrogen-bond acceptors (Lipinski definition) is 7. The molecule has 2 fully saturated rings. The molecule has 0 radical (unpaired) electrons. The lowest BCUT2D eigenvalue weighted by Crippen LogP contribution is -2.46. The molecule has 2 aliphatic heterocycles. The van der Waals surface area contributed by atoms with Crippen molar-refractivity contribution < 1.29 is 14.3 Å². The Morgan fingerprint density at radius 2 is 1.82 bits per heavy atom. The number of benzene rings is 1. The number of ether oxygens (including phenoxy) is 1. The summed E-state index contributed by atoms with van der Waals surface area (Å²) in [5.74, 6) is 0.308. The molecule has 0 spiro atoms. The Hall–Kier alpha value is -3.07. The molecule has 4 heterocycles. The first-order chi connectivity index (χ1) is 18.4. The summed E-state index contributed by atoms with van der Waals surface area (Å²) in [4.78, 5) is 36.2. The van der Waals surface area contributed by atoms with Crippen LogP contribution in [-0.4, -0.2) is 74.1 Å². The van der Waals surface area contributed by atoms with Crippen molar-refractivity contribution in [2.45, 2.75) is 26.7 Å². The van der Waals surface area contributed by atoms with Crippen molar-refractivity contribution in [2.75, 3.05) is 57.4 Å². The number of anilines is 1. The van der Waals surface area contributed by atoms with Gasteiger partial charge in [0.1, 0.15) is 0 Å². The highest BCUT2D eigenvalue weighted by atomic mass is 32.1. The van der Waals surface area contributed by atoms with E-state index in [0.717, 1.165) is 83.5 Å². The minimum absolute atomic E-state index is 0.0618. The second-order valence-electron chi connectivity index (χ2n) is 11.2. The number of hydrogen-bond donors (Lipinski definition) is 1. The summed E-state index contributed by atoms with van der Waals surface area (Å²) >= 11 is 1.64. The number of rotatable bonds is 4. The molecule has 6 rings (SSSR count). The quantitative estimate of drug-likeness (QED) is 0.535. The van der Waals surface area contributed by atoms with Crippen LogP contribution in [0.4, 0.5) is 5.00 Å². The summed E-state index contributed by atoms with van der Waals surface area (Å²) in [5.41, 5.74) is 5.75. The minimum atomic E-state index is -0.0727. The van der Waals surface area contributed by atoms with Crippen LogP contribution in [0.3, 0.4) is 0 Å². The van der Waals surface area contributed by atoms with Gasteiger partial charge in [-0.05, 0) is 47.2 Å². The topological polar surface area (TPSA) is 74.8 Å². The summed E-state index contributed by atoms with van der Waals surface area (Å²) in [6.07, 6.45) is 3.30. The molecule has 3 aliphatic rings. The van der Waals surface area contributed by atoms with E-state index in [1.165, 1.54) is 0 Å². The van der Waals surface area contributed by atoms with Crippen molar-refractivity contribution in [1.29, 1.82) is 0 Å². The zero-order chi connectivity index (χ0) is 26.3. The Kier molecular flexibility index (Phi) is 6.80. The number of aromatic nitrogens is 1. The number of carbonyl (C=O) groups excluding carboxylic acids is 2. The molecule has 0 unspecified atom stereocenters. The Morgan fingerprint density at radius 3 is 2.61 bits per heavy atom. The molecule has 7 nitrogen and oxygen atoms in total. The number of Topliss-reactive ketones (excluding diaryl/α,β-unsaturated/α-hetero) is 1. The summed E-state index contributed by atoms with van der Waals surface area (Å²) in [6.45, 7) is 10.5. The van der Waals surface area contributed by atoms with E-state index in [-0.39, 0.29) is 17.1 Å². The van der Waals surface area contributed by atoms with Gasteiger partial charge in [-0.1, -0.05) is 26.0 Å². The number of carbonyl (C=O) groups is 2. The first-order valence-corrected chi connectivity index (χ1v) is 14.3. The normalized spacial score (nSPS) is 19.4. The summed E-state index contributed by atoms with van der Waals surface area (Å²) in [5, 5.41) is 4.46. The highest BCUT2D eigenvalue weighted by Gasteiger charge is 2.37. The van der Waals surface area contributed by atoms with Gasteiger partial charge in [-0.2, -0.15) is 0 Å². The summed E-state index contributed by atoms with van der Waals surface area (Å²) in [6, 6.07) is 12.0. The average molecular weight is 531 g/mol. The van der Waals surface area contributed by atoms with Crippen LogP contribution in [0.1, 0.15) is 45.9 Å². The number of piperazine rings is 1. The van der Waals surface area contributed by atoms with Gasteiger partial charge in [-0.3, -0.25) is 14.6 Å². The standard InChI is InChI=1S/C30H34N4O3S/c1-30(2)18-23-26(29(34-12-14-37-15-13-34)38-27(23)25(35)19-30)21-6-7-32-24(17-21)20-4-3-5-22(16-20)28(36)33-10-8-31-9-11-33/h3-7,16-17,31H,8-15,18-19H2,1-2H3. The lowest BCUT2D eigenvalue weighted by Gasteiger charge is -2.30. The molecule has 0 bridgehead atoms. The predicted molar refractivity (Wildman–Crippen MR) is 151 cm³/mol. The van der Waals surface area contributed by atoms with Crippen LogP contribution in [0.15, 0.2) is 42.6 Å². The molecule has 0 atom stereocenters. The monoisotopic (exact) mass is 530 g/mol. The molecule has 2 saturated heterocycles. The van der Waals surface area contributed by atoms with E-state index in [0.29, 0.717) is 25.2 Å². The first kappa shape index (κ1) is 25.2. The van der Waals surface area contributed by atoms with E-state index in [4.69, 9.17) is 9.72 Å². The summed E-state index contributed by atoms with van der Waals surface area (Å²) in [7, 11) is 0. The fourth-order valence-electron chi connectivity index (χ4n) is 5.79. The second kappa shape index (κ2) is 10.2. The zero-order valence-corrected chi connectivity index (χ0v) is 22.9. The maximum atomic E-state index is 13.2. The van der Waals surface area contributed by atoms with Crippen LogP contribution in [0.25, 0.3) is 22.4 Å². The fourth-order valence-corrected chi connectivity index (χ4v) is 7.13. The number of fused-ring (bicyclic) bond motifs is 1. The van der Waals surface area contributed by atoms with Crippen molar-refractivity contribution in [2.24, 2.45) is 5.41 Å². The van der Waals surface area contributed by atoms with E-state index < -0.39 is 0 Å². The van der Waals surface area contributed by atoms with Crippen LogP contribution in [0.5, 0.6) is 0 Å². The van der Waals surface area contributed by atoms with E-state index in [9.17, 15) is 9.59 Å². The molecule has 1 aliphatic carbocycles. The van der Waals surface area contributed by atoms with Crippen LogP contribution >= 0.6 is 11.3 Å². The third-order valence-electron chi connectivity index (χ3n) is 7.69. The summed E-state index contributed by atoms with van der Waals surface area (Å²) < 4.78 is 5.63. The molecule has 8 heteroatoms. The molecule has 1 aromatic carbocycles. The molecular weight excluding hydrogens is 496 g/mol. The van der Waals surface area contributed by atoms with Crippen LogP contribution in [0.2, 0.25) is 0 Å². The Morgan fingerprint density at radius 1 is 1.03 bits per heavy atom. The highest BCUT2D eigenvalue weighted by molar-refractivity contribution is 7.19. The van der Waals surface area contributed by atoms with Gasteiger partial charge in [0.15, 0.2) is 5.78 Å². The number of nitrogens with one attached hydrogen (secondary N) is 1. The van der Waals surface area contributed by atoms with Gasteiger partial charge in [0.2, 0.25) is 0 Å².